The van der Waals surface area contributed by atoms with Crippen molar-refractivity contribution in [3.63, 3.8) is 0 Å². The quantitative estimate of drug-likeness (QED) is 0.744. The SMILES string of the molecule is CN(CC(=O)NC1CC1)C(=O)CC1(N)CCCC1. The van der Waals surface area contributed by atoms with E-state index < -0.39 is 0 Å². The summed E-state index contributed by atoms with van der Waals surface area (Å²) in [4.78, 5) is 25.1. The van der Waals surface area contributed by atoms with Crippen molar-refractivity contribution in [3.05, 3.63) is 0 Å². The van der Waals surface area contributed by atoms with Crippen molar-refractivity contribution >= 4 is 11.8 Å². The molecule has 0 aromatic rings. The molecule has 0 bridgehead atoms. The first-order valence-corrected chi connectivity index (χ1v) is 6.81. The van der Waals surface area contributed by atoms with E-state index in [1.54, 1.807) is 7.05 Å². The van der Waals surface area contributed by atoms with Crippen LogP contribution in [-0.2, 0) is 9.59 Å². The van der Waals surface area contributed by atoms with Crippen LogP contribution in [0.25, 0.3) is 0 Å². The fourth-order valence-corrected chi connectivity index (χ4v) is 2.50. The molecule has 0 atom stereocenters. The summed E-state index contributed by atoms with van der Waals surface area (Å²) in [5, 5.41) is 2.88. The number of nitrogens with two attached hydrogens (primary N) is 1. The van der Waals surface area contributed by atoms with Crippen LogP contribution in [0.5, 0.6) is 0 Å². The van der Waals surface area contributed by atoms with Crippen molar-refractivity contribution in [2.45, 2.75) is 56.5 Å². The van der Waals surface area contributed by atoms with E-state index in [-0.39, 0.29) is 23.9 Å². The highest BCUT2D eigenvalue weighted by molar-refractivity contribution is 5.85. The van der Waals surface area contributed by atoms with Crippen molar-refractivity contribution < 1.29 is 9.59 Å². The van der Waals surface area contributed by atoms with E-state index in [2.05, 4.69) is 5.32 Å². The molecule has 0 heterocycles. The largest absolute Gasteiger partial charge is 0.352 e. The third-order valence-electron chi connectivity index (χ3n) is 3.85. The van der Waals surface area contributed by atoms with E-state index in [1.165, 1.54) is 4.90 Å². The van der Waals surface area contributed by atoms with Crippen molar-refractivity contribution in [2.75, 3.05) is 13.6 Å². The van der Waals surface area contributed by atoms with E-state index in [1.807, 2.05) is 0 Å². The van der Waals surface area contributed by atoms with Gasteiger partial charge in [-0.05, 0) is 25.7 Å². The Morgan fingerprint density at radius 3 is 2.50 bits per heavy atom. The molecule has 2 aliphatic carbocycles. The van der Waals surface area contributed by atoms with Gasteiger partial charge >= 0.3 is 0 Å². The first-order chi connectivity index (χ1) is 8.48. The summed E-state index contributed by atoms with van der Waals surface area (Å²) in [6.07, 6.45) is 6.54. The van der Waals surface area contributed by atoms with Gasteiger partial charge in [0.05, 0.1) is 6.54 Å². The van der Waals surface area contributed by atoms with E-state index >= 15 is 0 Å². The standard InChI is InChI=1S/C13H23N3O2/c1-16(9-11(17)15-10-4-5-10)12(18)8-13(14)6-2-3-7-13/h10H,2-9,14H2,1H3,(H,15,17). The van der Waals surface area contributed by atoms with Crippen molar-refractivity contribution in [1.29, 1.82) is 0 Å². The van der Waals surface area contributed by atoms with Gasteiger partial charge in [0.2, 0.25) is 11.8 Å². The molecule has 5 heteroatoms. The average Bonchev–Trinajstić information content (AvgIpc) is 2.99. The molecule has 2 saturated carbocycles. The number of hydrogen-bond acceptors (Lipinski definition) is 3. The Hall–Kier alpha value is -1.10. The molecular formula is C13H23N3O2. The van der Waals surface area contributed by atoms with Gasteiger partial charge in [0, 0.05) is 25.0 Å². The number of carbonyl (C=O) groups excluding carboxylic acids is 2. The Morgan fingerprint density at radius 1 is 1.33 bits per heavy atom. The zero-order chi connectivity index (χ0) is 13.2. The lowest BCUT2D eigenvalue weighted by Crippen LogP contribution is -2.45. The van der Waals surface area contributed by atoms with Crippen LogP contribution >= 0.6 is 0 Å². The Bertz CT molecular complexity index is 333. The third-order valence-corrected chi connectivity index (χ3v) is 3.85. The molecule has 18 heavy (non-hydrogen) atoms. The van der Waals surface area contributed by atoms with Crippen molar-refractivity contribution in [2.24, 2.45) is 5.73 Å². The number of amides is 2. The van der Waals surface area contributed by atoms with Crippen LogP contribution in [0, 0.1) is 0 Å². The fraction of sp³-hybridized carbons (Fsp3) is 0.846. The molecule has 0 aliphatic heterocycles. The fourth-order valence-electron chi connectivity index (χ4n) is 2.50. The highest BCUT2D eigenvalue weighted by Crippen LogP contribution is 2.30. The number of carbonyl (C=O) groups is 2. The Balaban J connectivity index is 1.74. The van der Waals surface area contributed by atoms with Gasteiger partial charge < -0.3 is 16.0 Å². The second-order valence-corrected chi connectivity index (χ2v) is 5.84. The number of hydrogen-bond donors (Lipinski definition) is 2. The summed E-state index contributed by atoms with van der Waals surface area (Å²) in [5.41, 5.74) is 5.84. The first kappa shape index (κ1) is 13.3. The molecule has 3 N–H and O–H groups in total. The predicted octanol–water partition coefficient (Wildman–Crippen LogP) is 0.385. The first-order valence-electron chi connectivity index (χ1n) is 6.81. The number of rotatable bonds is 5. The molecule has 2 amide bonds. The zero-order valence-corrected chi connectivity index (χ0v) is 11.1. The molecule has 102 valence electrons. The molecule has 0 radical (unpaired) electrons. The van der Waals surface area contributed by atoms with Crippen LogP contribution in [0.15, 0.2) is 0 Å². The number of nitrogens with one attached hydrogen (secondary N) is 1. The van der Waals surface area contributed by atoms with Crippen LogP contribution in [0.2, 0.25) is 0 Å². The minimum atomic E-state index is -0.335. The average molecular weight is 253 g/mol. The third kappa shape index (κ3) is 3.70. The molecule has 5 nitrogen and oxygen atoms in total. The second-order valence-electron chi connectivity index (χ2n) is 5.84. The minimum absolute atomic E-state index is 0.0228. The summed E-state index contributed by atoms with van der Waals surface area (Å²) in [6.45, 7) is 0.144. The van der Waals surface area contributed by atoms with Crippen molar-refractivity contribution in [3.8, 4) is 0 Å². The smallest absolute Gasteiger partial charge is 0.239 e. The maximum Gasteiger partial charge on any atom is 0.239 e. The van der Waals surface area contributed by atoms with Crippen LogP contribution in [0.1, 0.15) is 44.9 Å². The summed E-state index contributed by atoms with van der Waals surface area (Å²) in [6, 6.07) is 0.344. The van der Waals surface area contributed by atoms with Crippen LogP contribution in [0.4, 0.5) is 0 Å². The lowest BCUT2D eigenvalue weighted by Gasteiger charge is -2.26. The minimum Gasteiger partial charge on any atom is -0.352 e. The molecule has 2 fully saturated rings. The molecule has 0 unspecified atom stereocenters. The zero-order valence-electron chi connectivity index (χ0n) is 11.1. The molecule has 0 spiro atoms. The lowest BCUT2D eigenvalue weighted by atomic mass is 9.94. The monoisotopic (exact) mass is 253 g/mol. The summed E-state index contributed by atoms with van der Waals surface area (Å²) in [7, 11) is 1.67. The van der Waals surface area contributed by atoms with Gasteiger partial charge in [-0.3, -0.25) is 9.59 Å². The molecule has 0 aromatic carbocycles. The molecule has 0 aromatic heterocycles. The Labute approximate surface area is 108 Å². The summed E-state index contributed by atoms with van der Waals surface area (Å²) in [5.74, 6) is -0.0869. The maximum absolute atomic E-state index is 12.0. The number of nitrogens with zero attached hydrogens (tertiary/aromatic N) is 1. The Morgan fingerprint density at radius 2 is 1.94 bits per heavy atom. The normalized spacial score (nSPS) is 21.7. The van der Waals surface area contributed by atoms with Gasteiger partial charge in [0.15, 0.2) is 0 Å². The van der Waals surface area contributed by atoms with Gasteiger partial charge in [-0.25, -0.2) is 0 Å². The predicted molar refractivity (Wildman–Crippen MR) is 68.8 cm³/mol. The second kappa shape index (κ2) is 5.26. The molecule has 2 aliphatic rings. The highest BCUT2D eigenvalue weighted by Gasteiger charge is 2.33. The summed E-state index contributed by atoms with van der Waals surface area (Å²) >= 11 is 0. The molecule has 2 rings (SSSR count). The molecular weight excluding hydrogens is 230 g/mol. The van der Waals surface area contributed by atoms with Crippen molar-refractivity contribution in [1.82, 2.24) is 10.2 Å². The van der Waals surface area contributed by atoms with Gasteiger partial charge in [-0.2, -0.15) is 0 Å². The van der Waals surface area contributed by atoms with Gasteiger partial charge in [0.1, 0.15) is 0 Å². The maximum atomic E-state index is 12.0. The summed E-state index contributed by atoms with van der Waals surface area (Å²) < 4.78 is 0. The Kier molecular flexibility index (Phi) is 3.90. The molecule has 0 saturated heterocycles. The van der Waals surface area contributed by atoms with E-state index in [0.717, 1.165) is 38.5 Å². The van der Waals surface area contributed by atoms with Gasteiger partial charge in [0.25, 0.3) is 0 Å². The highest BCUT2D eigenvalue weighted by atomic mass is 16.2. The van der Waals surface area contributed by atoms with E-state index in [0.29, 0.717) is 12.5 Å². The van der Waals surface area contributed by atoms with Gasteiger partial charge in [-0.1, -0.05) is 12.8 Å². The lowest BCUT2D eigenvalue weighted by molar-refractivity contribution is -0.135. The van der Waals surface area contributed by atoms with E-state index in [4.69, 9.17) is 5.73 Å². The van der Waals surface area contributed by atoms with E-state index in [9.17, 15) is 9.59 Å². The topological polar surface area (TPSA) is 75.4 Å². The van der Waals surface area contributed by atoms with Gasteiger partial charge in [-0.15, -0.1) is 0 Å². The van der Waals surface area contributed by atoms with Crippen LogP contribution in [-0.4, -0.2) is 41.9 Å². The van der Waals surface area contributed by atoms with Crippen LogP contribution < -0.4 is 11.1 Å². The number of likely N-dealkylation sites (N-methyl/N-ethyl adjacent to an activating group) is 1. The van der Waals surface area contributed by atoms with Crippen LogP contribution in [0.3, 0.4) is 0 Å².